The summed E-state index contributed by atoms with van der Waals surface area (Å²) in [4.78, 5) is 19.0. The quantitative estimate of drug-likeness (QED) is 0.614. The Labute approximate surface area is 166 Å². The van der Waals surface area contributed by atoms with Crippen LogP contribution in [0.3, 0.4) is 0 Å². The lowest BCUT2D eigenvalue weighted by molar-refractivity contribution is 0.0704. The number of hydrogen-bond donors (Lipinski definition) is 0. The van der Waals surface area contributed by atoms with Crippen LogP contribution in [0.1, 0.15) is 35.0 Å². The van der Waals surface area contributed by atoms with Gasteiger partial charge < -0.3 is 9.42 Å². The normalized spacial score (nSPS) is 15.1. The summed E-state index contributed by atoms with van der Waals surface area (Å²) in [5.41, 5.74) is 1.40. The van der Waals surface area contributed by atoms with E-state index in [4.69, 9.17) is 27.7 Å². The van der Waals surface area contributed by atoms with E-state index in [1.165, 1.54) is 0 Å². The van der Waals surface area contributed by atoms with Gasteiger partial charge in [-0.2, -0.15) is 4.98 Å². The molecular weight excluding hydrogens is 385 g/mol. The summed E-state index contributed by atoms with van der Waals surface area (Å²) in [6, 6.07) is 14.5. The van der Waals surface area contributed by atoms with Crippen molar-refractivity contribution in [1.82, 2.24) is 15.0 Å². The number of benzene rings is 2. The number of aromatic nitrogens is 2. The van der Waals surface area contributed by atoms with E-state index in [2.05, 4.69) is 10.1 Å². The molecule has 0 N–H and O–H groups in total. The van der Waals surface area contributed by atoms with E-state index in [0.29, 0.717) is 40.4 Å². The lowest BCUT2D eigenvalue weighted by Gasteiger charge is -2.30. The molecule has 4 rings (SSSR count). The zero-order valence-corrected chi connectivity index (χ0v) is 16.0. The van der Waals surface area contributed by atoms with Gasteiger partial charge in [0.2, 0.25) is 11.7 Å². The second kappa shape index (κ2) is 7.71. The van der Waals surface area contributed by atoms with Gasteiger partial charge in [0.1, 0.15) is 0 Å². The zero-order valence-electron chi connectivity index (χ0n) is 14.4. The summed E-state index contributed by atoms with van der Waals surface area (Å²) in [6.45, 7) is 1.26. The van der Waals surface area contributed by atoms with Crippen LogP contribution in [0.5, 0.6) is 0 Å². The van der Waals surface area contributed by atoms with Crippen LogP contribution in [0, 0.1) is 0 Å². The molecule has 1 saturated heterocycles. The first-order valence-corrected chi connectivity index (χ1v) is 9.51. The van der Waals surface area contributed by atoms with E-state index in [9.17, 15) is 4.79 Å². The maximum atomic E-state index is 12.7. The van der Waals surface area contributed by atoms with E-state index < -0.39 is 0 Å². The molecule has 0 radical (unpaired) electrons. The number of nitrogens with zero attached hydrogens (tertiary/aromatic N) is 3. The van der Waals surface area contributed by atoms with E-state index in [1.54, 1.807) is 24.3 Å². The van der Waals surface area contributed by atoms with Gasteiger partial charge in [0.25, 0.3) is 5.91 Å². The third kappa shape index (κ3) is 3.84. The average Bonchev–Trinajstić information content (AvgIpc) is 3.19. The van der Waals surface area contributed by atoms with Gasteiger partial charge in [-0.3, -0.25) is 4.79 Å². The van der Waals surface area contributed by atoms with Gasteiger partial charge in [-0.25, -0.2) is 0 Å². The molecule has 7 heteroatoms. The van der Waals surface area contributed by atoms with Crippen LogP contribution < -0.4 is 0 Å². The SMILES string of the molecule is O=C(c1ccccc1Cl)N1CCC(c2nc(-c3ccc(Cl)cc3)no2)CC1. The first-order valence-electron chi connectivity index (χ1n) is 8.75. The largest absolute Gasteiger partial charge is 0.339 e. The molecule has 3 aromatic rings. The van der Waals surface area contributed by atoms with Gasteiger partial charge in [-0.1, -0.05) is 40.5 Å². The van der Waals surface area contributed by atoms with E-state index in [1.807, 2.05) is 29.2 Å². The molecule has 138 valence electrons. The van der Waals surface area contributed by atoms with E-state index in [0.717, 1.165) is 18.4 Å². The molecule has 5 nitrogen and oxygen atoms in total. The maximum absolute atomic E-state index is 12.7. The molecule has 1 aliphatic heterocycles. The predicted molar refractivity (Wildman–Crippen MR) is 104 cm³/mol. The maximum Gasteiger partial charge on any atom is 0.255 e. The number of amides is 1. The van der Waals surface area contributed by atoms with Crippen LogP contribution in [0.15, 0.2) is 53.1 Å². The standard InChI is InChI=1S/C20H17Cl2N3O2/c21-15-7-5-13(6-8-15)18-23-19(27-24-18)14-9-11-25(12-10-14)20(26)16-3-1-2-4-17(16)22/h1-8,14H,9-12H2. The Kier molecular flexibility index (Phi) is 5.14. The Balaban J connectivity index is 1.42. The third-order valence-corrected chi connectivity index (χ3v) is 5.36. The fourth-order valence-electron chi connectivity index (χ4n) is 3.25. The average molecular weight is 402 g/mol. The second-order valence-electron chi connectivity index (χ2n) is 6.51. The highest BCUT2D eigenvalue weighted by Crippen LogP contribution is 2.30. The Hall–Kier alpha value is -2.37. The molecule has 27 heavy (non-hydrogen) atoms. The number of hydrogen-bond acceptors (Lipinski definition) is 4. The van der Waals surface area contributed by atoms with E-state index in [-0.39, 0.29) is 11.8 Å². The minimum atomic E-state index is -0.0357. The molecule has 1 aliphatic rings. The smallest absolute Gasteiger partial charge is 0.255 e. The number of carbonyl (C=O) groups is 1. The summed E-state index contributed by atoms with van der Waals surface area (Å²) in [6.07, 6.45) is 1.55. The molecule has 0 atom stereocenters. The highest BCUT2D eigenvalue weighted by Gasteiger charge is 2.28. The third-order valence-electron chi connectivity index (χ3n) is 4.78. The fourth-order valence-corrected chi connectivity index (χ4v) is 3.59. The lowest BCUT2D eigenvalue weighted by Crippen LogP contribution is -2.38. The monoisotopic (exact) mass is 401 g/mol. The molecule has 0 spiro atoms. The minimum absolute atomic E-state index is 0.0357. The number of piperidine rings is 1. The summed E-state index contributed by atoms with van der Waals surface area (Å²) in [5.74, 6) is 1.28. The van der Waals surface area contributed by atoms with Gasteiger partial charge >= 0.3 is 0 Å². The van der Waals surface area contributed by atoms with E-state index >= 15 is 0 Å². The van der Waals surface area contributed by atoms with Crippen molar-refractivity contribution in [3.05, 3.63) is 70.0 Å². The van der Waals surface area contributed by atoms with Crippen LogP contribution >= 0.6 is 23.2 Å². The highest BCUT2D eigenvalue weighted by atomic mass is 35.5. The Morgan fingerprint density at radius 3 is 2.44 bits per heavy atom. The topological polar surface area (TPSA) is 59.2 Å². The highest BCUT2D eigenvalue weighted by molar-refractivity contribution is 6.33. The number of rotatable bonds is 3. The summed E-state index contributed by atoms with van der Waals surface area (Å²) in [7, 11) is 0. The van der Waals surface area contributed by atoms with Crippen molar-refractivity contribution < 1.29 is 9.32 Å². The minimum Gasteiger partial charge on any atom is -0.339 e. The zero-order chi connectivity index (χ0) is 18.8. The van der Waals surface area contributed by atoms with Crippen molar-refractivity contribution in [2.45, 2.75) is 18.8 Å². The molecule has 1 fully saturated rings. The summed E-state index contributed by atoms with van der Waals surface area (Å²) >= 11 is 12.1. The Bertz CT molecular complexity index is 948. The Morgan fingerprint density at radius 1 is 1.04 bits per heavy atom. The van der Waals surface area contributed by atoms with Gasteiger partial charge in [-0.15, -0.1) is 0 Å². The van der Waals surface area contributed by atoms with Crippen LogP contribution in [0.4, 0.5) is 0 Å². The number of likely N-dealkylation sites (tertiary alicyclic amines) is 1. The van der Waals surface area contributed by atoms with Crippen molar-refractivity contribution in [2.24, 2.45) is 0 Å². The first kappa shape index (κ1) is 18.0. The van der Waals surface area contributed by atoms with Gasteiger partial charge in [-0.05, 0) is 49.2 Å². The van der Waals surface area contributed by atoms with Crippen LogP contribution in [-0.4, -0.2) is 34.0 Å². The second-order valence-corrected chi connectivity index (χ2v) is 7.35. The predicted octanol–water partition coefficient (Wildman–Crippen LogP) is 5.06. The van der Waals surface area contributed by atoms with Crippen LogP contribution in [0.2, 0.25) is 10.0 Å². The molecule has 2 heterocycles. The molecule has 0 saturated carbocycles. The van der Waals surface area contributed by atoms with Crippen LogP contribution in [-0.2, 0) is 0 Å². The summed E-state index contributed by atoms with van der Waals surface area (Å²) in [5, 5.41) is 5.22. The van der Waals surface area contributed by atoms with Crippen LogP contribution in [0.25, 0.3) is 11.4 Å². The molecule has 1 aromatic heterocycles. The Morgan fingerprint density at radius 2 is 1.74 bits per heavy atom. The van der Waals surface area contributed by atoms with Gasteiger partial charge in [0, 0.05) is 29.6 Å². The molecule has 1 amide bonds. The first-order chi connectivity index (χ1) is 13.1. The van der Waals surface area contributed by atoms with Crippen molar-refractivity contribution in [1.29, 1.82) is 0 Å². The summed E-state index contributed by atoms with van der Waals surface area (Å²) < 4.78 is 5.47. The van der Waals surface area contributed by atoms with Crippen molar-refractivity contribution in [3.63, 3.8) is 0 Å². The molecule has 0 aliphatic carbocycles. The molecule has 0 unspecified atom stereocenters. The number of halogens is 2. The van der Waals surface area contributed by atoms with Crippen molar-refractivity contribution >= 4 is 29.1 Å². The van der Waals surface area contributed by atoms with Crippen molar-refractivity contribution in [2.75, 3.05) is 13.1 Å². The van der Waals surface area contributed by atoms with Crippen molar-refractivity contribution in [3.8, 4) is 11.4 Å². The number of carbonyl (C=O) groups excluding carboxylic acids is 1. The molecular formula is C20H17Cl2N3O2. The van der Waals surface area contributed by atoms with Gasteiger partial charge in [0.05, 0.1) is 10.6 Å². The van der Waals surface area contributed by atoms with Gasteiger partial charge in [0.15, 0.2) is 0 Å². The molecule has 0 bridgehead atoms. The fraction of sp³-hybridized carbons (Fsp3) is 0.250. The molecule has 2 aromatic carbocycles. The lowest BCUT2D eigenvalue weighted by atomic mass is 9.96.